The van der Waals surface area contributed by atoms with Crippen molar-refractivity contribution in [1.82, 2.24) is 4.98 Å². The molecule has 17 heavy (non-hydrogen) atoms. The number of aromatic nitrogens is 1. The van der Waals surface area contributed by atoms with Crippen LogP contribution >= 0.6 is 11.3 Å². The molecular weight excluding hydrogens is 240 g/mol. The maximum atomic E-state index is 11.7. The summed E-state index contributed by atoms with van der Waals surface area (Å²) < 4.78 is 0. The number of azide groups is 1. The normalized spacial score (nSPS) is 15.9. The molecule has 0 amide bonds. The molecule has 0 atom stereocenters. The van der Waals surface area contributed by atoms with Crippen LogP contribution in [0.4, 0.5) is 0 Å². The zero-order chi connectivity index (χ0) is 12.3. The molecule has 0 radical (unpaired) electrons. The van der Waals surface area contributed by atoms with E-state index in [0.29, 0.717) is 29.8 Å². The Labute approximate surface area is 101 Å². The molecule has 0 spiro atoms. The third kappa shape index (κ3) is 2.46. The first-order chi connectivity index (χ1) is 8.22. The van der Waals surface area contributed by atoms with E-state index in [9.17, 15) is 9.90 Å². The van der Waals surface area contributed by atoms with Crippen LogP contribution in [0.1, 0.15) is 29.1 Å². The molecule has 0 saturated carbocycles. The topological polar surface area (TPSA) is 99.0 Å². The number of allylic oxidation sites excluding steroid dienone is 2. The highest BCUT2D eigenvalue weighted by Crippen LogP contribution is 2.31. The zero-order valence-electron chi connectivity index (χ0n) is 8.96. The maximum Gasteiger partial charge on any atom is 0.169 e. The van der Waals surface area contributed by atoms with Gasteiger partial charge in [0.1, 0.15) is 10.8 Å². The first-order valence-corrected chi connectivity index (χ1v) is 5.95. The largest absolute Gasteiger partial charge is 0.511 e. The quantitative estimate of drug-likeness (QED) is 0.507. The van der Waals surface area contributed by atoms with E-state index < -0.39 is 0 Å². The molecule has 7 heteroatoms. The maximum absolute atomic E-state index is 11.7. The van der Waals surface area contributed by atoms with Gasteiger partial charge in [0.15, 0.2) is 5.78 Å². The van der Waals surface area contributed by atoms with E-state index in [0.717, 1.165) is 4.88 Å². The number of hydrogen-bond acceptors (Lipinski definition) is 5. The molecule has 1 aliphatic rings. The number of thiazole rings is 1. The predicted molar refractivity (Wildman–Crippen MR) is 63.4 cm³/mol. The Hall–Kier alpha value is -1.85. The number of hydrogen-bond donors (Lipinski definition) is 1. The standard InChI is InChI=1S/C10H10N4O2S/c11-14-13-5-6-4-12-10(17-6)9-7(15)2-1-3-8(9)16/h4,15H,1-3,5H2. The molecule has 2 rings (SSSR count). The Morgan fingerprint density at radius 1 is 1.59 bits per heavy atom. The summed E-state index contributed by atoms with van der Waals surface area (Å²) in [6.45, 7) is 0.219. The highest BCUT2D eigenvalue weighted by atomic mass is 32.1. The molecule has 0 saturated heterocycles. The lowest BCUT2D eigenvalue weighted by molar-refractivity contribution is -0.114. The van der Waals surface area contributed by atoms with E-state index in [1.807, 2.05) is 0 Å². The van der Waals surface area contributed by atoms with Crippen molar-refractivity contribution in [2.45, 2.75) is 25.8 Å². The molecule has 1 aromatic rings. The van der Waals surface area contributed by atoms with E-state index in [2.05, 4.69) is 15.0 Å². The van der Waals surface area contributed by atoms with Crippen LogP contribution in [0.2, 0.25) is 0 Å². The van der Waals surface area contributed by atoms with Crippen LogP contribution in [-0.2, 0) is 11.3 Å². The molecular formula is C10H10N4O2S. The van der Waals surface area contributed by atoms with E-state index >= 15 is 0 Å². The molecule has 0 aromatic carbocycles. The van der Waals surface area contributed by atoms with Crippen LogP contribution in [0.3, 0.4) is 0 Å². The second-order valence-electron chi connectivity index (χ2n) is 3.62. The van der Waals surface area contributed by atoms with Crippen molar-refractivity contribution in [2.24, 2.45) is 5.11 Å². The van der Waals surface area contributed by atoms with Gasteiger partial charge in [-0.15, -0.1) is 11.3 Å². The van der Waals surface area contributed by atoms with Crippen molar-refractivity contribution in [3.05, 3.63) is 32.3 Å². The number of aliphatic hydroxyl groups is 1. The monoisotopic (exact) mass is 250 g/mol. The van der Waals surface area contributed by atoms with Gasteiger partial charge < -0.3 is 5.11 Å². The first kappa shape index (κ1) is 11.6. The van der Waals surface area contributed by atoms with E-state index in [-0.39, 0.29) is 18.1 Å². The minimum atomic E-state index is -0.0709. The molecule has 0 bridgehead atoms. The number of rotatable bonds is 3. The van der Waals surface area contributed by atoms with Crippen molar-refractivity contribution >= 4 is 22.7 Å². The second-order valence-corrected chi connectivity index (χ2v) is 4.73. The van der Waals surface area contributed by atoms with Crippen molar-refractivity contribution in [3.8, 4) is 0 Å². The number of ketones is 1. The Kier molecular flexibility index (Phi) is 3.41. The fourth-order valence-corrected chi connectivity index (χ4v) is 2.58. The van der Waals surface area contributed by atoms with E-state index in [4.69, 9.17) is 5.53 Å². The van der Waals surface area contributed by atoms with E-state index in [1.165, 1.54) is 11.3 Å². The third-order valence-electron chi connectivity index (χ3n) is 2.44. The number of carbonyl (C=O) groups is 1. The summed E-state index contributed by atoms with van der Waals surface area (Å²) in [7, 11) is 0. The Bertz CT molecular complexity index is 528. The Morgan fingerprint density at radius 3 is 3.12 bits per heavy atom. The number of carbonyl (C=O) groups excluding carboxylic acids is 1. The SMILES string of the molecule is [N-]=[N+]=NCc1cnc(C2=C(O)CCCC2=O)s1. The van der Waals surface area contributed by atoms with Crippen LogP contribution < -0.4 is 0 Å². The molecule has 1 heterocycles. The van der Waals surface area contributed by atoms with Crippen LogP contribution in [0.5, 0.6) is 0 Å². The Balaban J connectivity index is 2.30. The number of aliphatic hydroxyl groups excluding tert-OH is 1. The van der Waals surface area contributed by atoms with Gasteiger partial charge >= 0.3 is 0 Å². The second kappa shape index (κ2) is 4.99. The summed E-state index contributed by atoms with van der Waals surface area (Å²) in [4.78, 5) is 19.2. The smallest absolute Gasteiger partial charge is 0.169 e. The summed E-state index contributed by atoms with van der Waals surface area (Å²) >= 11 is 1.27. The van der Waals surface area contributed by atoms with Crippen molar-refractivity contribution < 1.29 is 9.90 Å². The van der Waals surface area contributed by atoms with Crippen LogP contribution in [0.15, 0.2) is 17.1 Å². The molecule has 1 N–H and O–H groups in total. The van der Waals surface area contributed by atoms with Gasteiger partial charge in [0.05, 0.1) is 12.1 Å². The van der Waals surface area contributed by atoms with Crippen LogP contribution in [0, 0.1) is 0 Å². The molecule has 1 aliphatic carbocycles. The fourth-order valence-electron chi connectivity index (χ4n) is 1.67. The average molecular weight is 250 g/mol. The van der Waals surface area contributed by atoms with Gasteiger partial charge in [-0.3, -0.25) is 4.79 Å². The number of Topliss-reactive ketones (excluding diaryl/α,β-unsaturated/α-hetero) is 1. The number of nitrogens with zero attached hydrogens (tertiary/aromatic N) is 4. The molecule has 88 valence electrons. The molecule has 1 aromatic heterocycles. The van der Waals surface area contributed by atoms with Crippen molar-refractivity contribution in [3.63, 3.8) is 0 Å². The van der Waals surface area contributed by atoms with Gasteiger partial charge in [0, 0.05) is 28.8 Å². The average Bonchev–Trinajstić information content (AvgIpc) is 2.75. The fraction of sp³-hybridized carbons (Fsp3) is 0.400. The molecule has 0 aliphatic heterocycles. The highest BCUT2D eigenvalue weighted by Gasteiger charge is 2.24. The van der Waals surface area contributed by atoms with Gasteiger partial charge in [-0.05, 0) is 12.0 Å². The van der Waals surface area contributed by atoms with Crippen LogP contribution in [0.25, 0.3) is 16.0 Å². The summed E-state index contributed by atoms with van der Waals surface area (Å²) in [5, 5.41) is 13.7. The summed E-state index contributed by atoms with van der Waals surface area (Å²) in [6, 6.07) is 0. The Morgan fingerprint density at radius 2 is 2.41 bits per heavy atom. The minimum Gasteiger partial charge on any atom is -0.511 e. The lowest BCUT2D eigenvalue weighted by Crippen LogP contribution is -2.10. The van der Waals surface area contributed by atoms with Gasteiger partial charge in [0.25, 0.3) is 0 Å². The van der Waals surface area contributed by atoms with Gasteiger partial charge in [-0.1, -0.05) is 5.11 Å². The van der Waals surface area contributed by atoms with Crippen molar-refractivity contribution in [2.75, 3.05) is 0 Å². The van der Waals surface area contributed by atoms with Crippen molar-refractivity contribution in [1.29, 1.82) is 0 Å². The minimum absolute atomic E-state index is 0.0709. The van der Waals surface area contributed by atoms with Gasteiger partial charge in [-0.2, -0.15) is 0 Å². The summed E-state index contributed by atoms with van der Waals surface area (Å²) in [5.41, 5.74) is 8.53. The summed E-state index contributed by atoms with van der Waals surface area (Å²) in [5.74, 6) is 0.0457. The van der Waals surface area contributed by atoms with E-state index in [1.54, 1.807) is 6.20 Å². The molecule has 0 unspecified atom stereocenters. The van der Waals surface area contributed by atoms with Gasteiger partial charge in [0.2, 0.25) is 0 Å². The zero-order valence-corrected chi connectivity index (χ0v) is 9.77. The van der Waals surface area contributed by atoms with Crippen LogP contribution in [-0.4, -0.2) is 15.9 Å². The lowest BCUT2D eigenvalue weighted by Gasteiger charge is -2.12. The van der Waals surface area contributed by atoms with Gasteiger partial charge in [-0.25, -0.2) is 4.98 Å². The highest BCUT2D eigenvalue weighted by molar-refractivity contribution is 7.13. The molecule has 0 fully saturated rings. The summed E-state index contributed by atoms with van der Waals surface area (Å²) in [6.07, 6.45) is 3.22. The first-order valence-electron chi connectivity index (χ1n) is 5.13. The predicted octanol–water partition coefficient (Wildman–Crippen LogP) is 2.98. The molecule has 6 nitrogen and oxygen atoms in total. The third-order valence-corrected chi connectivity index (χ3v) is 3.44. The lowest BCUT2D eigenvalue weighted by atomic mass is 9.97.